The second kappa shape index (κ2) is 7.61. The van der Waals surface area contributed by atoms with Crippen molar-refractivity contribution in [2.24, 2.45) is 0 Å². The lowest BCUT2D eigenvalue weighted by Gasteiger charge is -2.26. The second-order valence-corrected chi connectivity index (χ2v) is 7.14. The number of amides is 1. The summed E-state index contributed by atoms with van der Waals surface area (Å²) in [4.78, 5) is 14.1. The summed E-state index contributed by atoms with van der Waals surface area (Å²) in [6.45, 7) is 2.46. The minimum atomic E-state index is 0.0731. The summed E-state index contributed by atoms with van der Waals surface area (Å²) >= 11 is 7.28. The smallest absolute Gasteiger partial charge is 0.233 e. The zero-order chi connectivity index (χ0) is 17.9. The number of thioether (sulfide) groups is 1. The number of morpholine rings is 1. The molecule has 2 aromatic heterocycles. The molecule has 0 spiro atoms. The van der Waals surface area contributed by atoms with Gasteiger partial charge in [-0.3, -0.25) is 4.79 Å². The van der Waals surface area contributed by atoms with Crippen LogP contribution in [0.1, 0.15) is 0 Å². The molecule has 1 aliphatic rings. The highest BCUT2D eigenvalue weighted by Gasteiger charge is 2.18. The molecule has 3 aromatic rings. The molecule has 3 heterocycles. The van der Waals surface area contributed by atoms with E-state index in [4.69, 9.17) is 16.3 Å². The molecule has 1 saturated heterocycles. The first-order valence-corrected chi connectivity index (χ1v) is 9.54. The van der Waals surface area contributed by atoms with Gasteiger partial charge in [-0.1, -0.05) is 35.5 Å². The molecule has 134 valence electrons. The molecule has 26 heavy (non-hydrogen) atoms. The van der Waals surface area contributed by atoms with Crippen LogP contribution in [-0.2, 0) is 9.53 Å². The Hall–Kier alpha value is -2.16. The molecule has 0 bridgehead atoms. The van der Waals surface area contributed by atoms with Crippen molar-refractivity contribution in [3.63, 3.8) is 0 Å². The molecule has 9 heteroatoms. The summed E-state index contributed by atoms with van der Waals surface area (Å²) in [7, 11) is 0. The van der Waals surface area contributed by atoms with Gasteiger partial charge >= 0.3 is 0 Å². The Kier molecular flexibility index (Phi) is 5.05. The lowest BCUT2D eigenvalue weighted by molar-refractivity contribution is -0.132. The maximum absolute atomic E-state index is 12.3. The molecule has 7 nitrogen and oxygen atoms in total. The van der Waals surface area contributed by atoms with E-state index in [9.17, 15) is 4.79 Å². The first kappa shape index (κ1) is 17.3. The van der Waals surface area contributed by atoms with Crippen molar-refractivity contribution >= 4 is 34.9 Å². The van der Waals surface area contributed by atoms with Gasteiger partial charge in [0.2, 0.25) is 11.1 Å². The first-order valence-electron chi connectivity index (χ1n) is 8.17. The molecular formula is C17H16ClN5O2S. The van der Waals surface area contributed by atoms with Crippen LogP contribution in [0.5, 0.6) is 0 Å². The molecule has 0 atom stereocenters. The number of nitrogens with zero attached hydrogens (tertiary/aromatic N) is 5. The van der Waals surface area contributed by atoms with Gasteiger partial charge in [-0.2, -0.15) is 9.61 Å². The quantitative estimate of drug-likeness (QED) is 0.638. The monoisotopic (exact) mass is 389 g/mol. The molecule has 1 aliphatic heterocycles. The maximum atomic E-state index is 12.3. The Labute approximate surface area is 159 Å². The van der Waals surface area contributed by atoms with Crippen molar-refractivity contribution in [1.82, 2.24) is 24.7 Å². The van der Waals surface area contributed by atoms with E-state index >= 15 is 0 Å². The van der Waals surface area contributed by atoms with E-state index in [1.165, 1.54) is 11.8 Å². The molecule has 0 saturated carbocycles. The summed E-state index contributed by atoms with van der Waals surface area (Å²) in [6.07, 6.45) is 0. The summed E-state index contributed by atoms with van der Waals surface area (Å²) in [5.41, 5.74) is 2.38. The maximum Gasteiger partial charge on any atom is 0.233 e. The van der Waals surface area contributed by atoms with Crippen LogP contribution in [-0.4, -0.2) is 62.7 Å². The number of hydrogen-bond acceptors (Lipinski definition) is 6. The minimum absolute atomic E-state index is 0.0731. The number of aromatic nitrogens is 4. The molecule has 4 rings (SSSR count). The van der Waals surface area contributed by atoms with E-state index in [1.807, 2.05) is 41.3 Å². The van der Waals surface area contributed by atoms with Gasteiger partial charge < -0.3 is 9.64 Å². The van der Waals surface area contributed by atoms with Crippen LogP contribution in [0, 0.1) is 0 Å². The highest BCUT2D eigenvalue weighted by Crippen LogP contribution is 2.22. The van der Waals surface area contributed by atoms with Crippen LogP contribution in [0.15, 0.2) is 41.6 Å². The molecule has 0 unspecified atom stereocenters. The number of carbonyl (C=O) groups excluding carboxylic acids is 1. The van der Waals surface area contributed by atoms with Crippen LogP contribution in [0.3, 0.4) is 0 Å². The fraction of sp³-hybridized carbons (Fsp3) is 0.294. The summed E-state index contributed by atoms with van der Waals surface area (Å²) in [5, 5.41) is 14.2. The van der Waals surface area contributed by atoms with E-state index in [-0.39, 0.29) is 5.91 Å². The number of rotatable bonds is 4. The number of hydrogen-bond donors (Lipinski definition) is 0. The Morgan fingerprint density at radius 1 is 1.12 bits per heavy atom. The molecule has 0 N–H and O–H groups in total. The van der Waals surface area contributed by atoms with Crippen molar-refractivity contribution in [3.05, 3.63) is 41.4 Å². The second-order valence-electron chi connectivity index (χ2n) is 5.76. The largest absolute Gasteiger partial charge is 0.378 e. The van der Waals surface area contributed by atoms with Crippen molar-refractivity contribution in [2.75, 3.05) is 32.1 Å². The summed E-state index contributed by atoms with van der Waals surface area (Å²) in [5.74, 6) is 0.372. The highest BCUT2D eigenvalue weighted by atomic mass is 35.5. The predicted octanol–water partition coefficient (Wildman–Crippen LogP) is 2.40. The van der Waals surface area contributed by atoms with E-state index < -0.39 is 0 Å². The standard InChI is InChI=1S/C17H16ClN5O2S/c18-13-3-1-12(2-4-13)14-5-6-15-19-20-17(23(15)21-14)26-11-16(24)22-7-9-25-10-8-22/h1-6H,7-11H2. The van der Waals surface area contributed by atoms with Crippen LogP contribution >= 0.6 is 23.4 Å². The lowest BCUT2D eigenvalue weighted by Crippen LogP contribution is -2.41. The zero-order valence-electron chi connectivity index (χ0n) is 13.8. The lowest BCUT2D eigenvalue weighted by atomic mass is 10.1. The van der Waals surface area contributed by atoms with Crippen molar-refractivity contribution < 1.29 is 9.53 Å². The molecular weight excluding hydrogens is 374 g/mol. The number of halogens is 1. The Morgan fingerprint density at radius 2 is 1.88 bits per heavy atom. The molecule has 0 aliphatic carbocycles. The third-order valence-corrected chi connectivity index (χ3v) is 5.22. The van der Waals surface area contributed by atoms with E-state index in [1.54, 1.807) is 4.52 Å². The molecule has 1 fully saturated rings. The van der Waals surface area contributed by atoms with E-state index in [0.717, 1.165) is 11.3 Å². The van der Waals surface area contributed by atoms with Crippen LogP contribution < -0.4 is 0 Å². The fourth-order valence-electron chi connectivity index (χ4n) is 2.66. The predicted molar refractivity (Wildman–Crippen MR) is 99.4 cm³/mol. The average Bonchev–Trinajstić information content (AvgIpc) is 3.09. The van der Waals surface area contributed by atoms with Gasteiger partial charge in [0.15, 0.2) is 5.65 Å². The van der Waals surface area contributed by atoms with Gasteiger partial charge in [0.05, 0.1) is 24.7 Å². The van der Waals surface area contributed by atoms with Crippen LogP contribution in [0.4, 0.5) is 0 Å². The normalized spacial score (nSPS) is 14.7. The zero-order valence-corrected chi connectivity index (χ0v) is 15.4. The van der Waals surface area contributed by atoms with Gasteiger partial charge in [-0.15, -0.1) is 10.2 Å². The fourth-order valence-corrected chi connectivity index (χ4v) is 3.58. The third-order valence-electron chi connectivity index (χ3n) is 4.06. The SMILES string of the molecule is O=C(CSc1nnc2ccc(-c3ccc(Cl)cc3)nn12)N1CCOCC1. The van der Waals surface area contributed by atoms with Crippen molar-refractivity contribution in [3.8, 4) is 11.3 Å². The summed E-state index contributed by atoms with van der Waals surface area (Å²) in [6, 6.07) is 11.2. The van der Waals surface area contributed by atoms with Crippen molar-refractivity contribution in [2.45, 2.75) is 5.16 Å². The van der Waals surface area contributed by atoms with E-state index in [0.29, 0.717) is 47.9 Å². The molecule has 0 radical (unpaired) electrons. The van der Waals surface area contributed by atoms with Crippen molar-refractivity contribution in [1.29, 1.82) is 0 Å². The Bertz CT molecular complexity index is 925. The minimum Gasteiger partial charge on any atom is -0.378 e. The van der Waals surface area contributed by atoms with Gasteiger partial charge in [-0.25, -0.2) is 0 Å². The van der Waals surface area contributed by atoms with Gasteiger partial charge in [0.25, 0.3) is 0 Å². The number of fused-ring (bicyclic) bond motifs is 1. The molecule has 1 aromatic carbocycles. The van der Waals surface area contributed by atoms with Gasteiger partial charge in [-0.05, 0) is 24.3 Å². The Morgan fingerprint density at radius 3 is 2.65 bits per heavy atom. The van der Waals surface area contributed by atoms with Crippen LogP contribution in [0.2, 0.25) is 5.02 Å². The van der Waals surface area contributed by atoms with Gasteiger partial charge in [0.1, 0.15) is 0 Å². The van der Waals surface area contributed by atoms with E-state index in [2.05, 4.69) is 15.3 Å². The topological polar surface area (TPSA) is 72.6 Å². The van der Waals surface area contributed by atoms with Gasteiger partial charge in [0, 0.05) is 23.7 Å². The third kappa shape index (κ3) is 3.67. The summed E-state index contributed by atoms with van der Waals surface area (Å²) < 4.78 is 6.94. The Balaban J connectivity index is 1.53. The molecule has 1 amide bonds. The first-order chi connectivity index (χ1) is 12.7. The highest BCUT2D eigenvalue weighted by molar-refractivity contribution is 7.99. The number of carbonyl (C=O) groups is 1. The number of ether oxygens (including phenoxy) is 1. The number of benzene rings is 1. The average molecular weight is 390 g/mol. The van der Waals surface area contributed by atoms with Crippen LogP contribution in [0.25, 0.3) is 16.9 Å².